The molecule has 1 saturated carbocycles. The monoisotopic (exact) mass is 386 g/mol. The highest BCUT2D eigenvalue weighted by atomic mass is 16.4. The first kappa shape index (κ1) is 20.0. The van der Waals surface area contributed by atoms with E-state index in [9.17, 15) is 19.2 Å². The summed E-state index contributed by atoms with van der Waals surface area (Å²) in [5, 5.41) is 9.10. The Labute approximate surface area is 164 Å². The van der Waals surface area contributed by atoms with Crippen molar-refractivity contribution in [3.63, 3.8) is 0 Å². The Kier molecular flexibility index (Phi) is 5.82. The number of amides is 3. The van der Waals surface area contributed by atoms with Crippen LogP contribution in [-0.2, 0) is 4.79 Å². The van der Waals surface area contributed by atoms with E-state index in [0.717, 1.165) is 32.1 Å². The Morgan fingerprint density at radius 1 is 1.11 bits per heavy atom. The molecule has 1 aliphatic carbocycles. The van der Waals surface area contributed by atoms with Crippen LogP contribution in [-0.4, -0.2) is 57.7 Å². The van der Waals surface area contributed by atoms with Gasteiger partial charge in [-0.05, 0) is 37.0 Å². The van der Waals surface area contributed by atoms with E-state index in [4.69, 9.17) is 5.11 Å². The van der Waals surface area contributed by atoms with Crippen molar-refractivity contribution in [3.05, 3.63) is 34.9 Å². The number of aliphatic carboxylic acids is 1. The molecule has 1 aliphatic heterocycles. The van der Waals surface area contributed by atoms with E-state index in [0.29, 0.717) is 12.1 Å². The number of benzene rings is 1. The fourth-order valence-electron chi connectivity index (χ4n) is 4.07. The molecule has 0 atom stereocenters. The molecular formula is C21H26N2O5. The number of imide groups is 1. The van der Waals surface area contributed by atoms with Gasteiger partial charge in [-0.1, -0.05) is 33.1 Å². The fraction of sp³-hybridized carbons (Fsp3) is 0.524. The molecule has 3 rings (SSSR count). The number of nitrogens with zero attached hydrogens (tertiary/aromatic N) is 2. The molecule has 1 fully saturated rings. The van der Waals surface area contributed by atoms with Crippen molar-refractivity contribution in [1.29, 1.82) is 0 Å². The van der Waals surface area contributed by atoms with Crippen LogP contribution in [0.5, 0.6) is 0 Å². The molecule has 0 unspecified atom stereocenters. The van der Waals surface area contributed by atoms with Gasteiger partial charge in [-0.3, -0.25) is 24.1 Å². The summed E-state index contributed by atoms with van der Waals surface area (Å²) in [6.07, 6.45) is 4.76. The molecule has 1 heterocycles. The van der Waals surface area contributed by atoms with Crippen molar-refractivity contribution < 1.29 is 24.3 Å². The van der Waals surface area contributed by atoms with Gasteiger partial charge in [0.1, 0.15) is 6.54 Å². The molecular weight excluding hydrogens is 360 g/mol. The van der Waals surface area contributed by atoms with Crippen LogP contribution in [0, 0.1) is 5.92 Å². The number of carboxylic acid groups (broad SMARTS) is 1. The van der Waals surface area contributed by atoms with Crippen LogP contribution in [0.2, 0.25) is 0 Å². The number of fused-ring (bicyclic) bond motifs is 1. The molecule has 0 bridgehead atoms. The maximum Gasteiger partial charge on any atom is 0.323 e. The molecule has 0 saturated heterocycles. The third-order valence-electron chi connectivity index (χ3n) is 5.30. The number of rotatable bonds is 6. The highest BCUT2D eigenvalue weighted by Gasteiger charge is 2.40. The minimum atomic E-state index is -1.09. The molecule has 3 amide bonds. The van der Waals surface area contributed by atoms with Crippen LogP contribution in [0.15, 0.2) is 18.2 Å². The van der Waals surface area contributed by atoms with Crippen LogP contribution in [0.3, 0.4) is 0 Å². The molecule has 7 heteroatoms. The fourth-order valence-corrected chi connectivity index (χ4v) is 4.07. The molecule has 0 radical (unpaired) electrons. The molecule has 1 aromatic rings. The van der Waals surface area contributed by atoms with Crippen molar-refractivity contribution in [1.82, 2.24) is 9.80 Å². The van der Waals surface area contributed by atoms with Crippen molar-refractivity contribution in [2.45, 2.75) is 52.0 Å². The van der Waals surface area contributed by atoms with Gasteiger partial charge in [0.2, 0.25) is 0 Å². The van der Waals surface area contributed by atoms with E-state index in [1.165, 1.54) is 28.0 Å². The van der Waals surface area contributed by atoms with Crippen LogP contribution in [0.1, 0.15) is 77.0 Å². The second kappa shape index (κ2) is 8.12. The lowest BCUT2D eigenvalue weighted by Crippen LogP contribution is -2.40. The molecule has 1 N–H and O–H groups in total. The van der Waals surface area contributed by atoms with E-state index in [1.54, 1.807) is 0 Å². The van der Waals surface area contributed by atoms with Gasteiger partial charge in [0.25, 0.3) is 17.7 Å². The maximum absolute atomic E-state index is 12.9. The first-order valence-electron chi connectivity index (χ1n) is 9.82. The van der Waals surface area contributed by atoms with Gasteiger partial charge < -0.3 is 10.0 Å². The topological polar surface area (TPSA) is 95.0 Å². The van der Waals surface area contributed by atoms with E-state index >= 15 is 0 Å². The van der Waals surface area contributed by atoms with Crippen LogP contribution in [0.4, 0.5) is 0 Å². The average molecular weight is 386 g/mol. The summed E-state index contributed by atoms with van der Waals surface area (Å²) in [4.78, 5) is 52.2. The second-order valence-electron chi connectivity index (χ2n) is 8.01. The van der Waals surface area contributed by atoms with Crippen molar-refractivity contribution in [2.24, 2.45) is 5.92 Å². The van der Waals surface area contributed by atoms with Gasteiger partial charge in [-0.2, -0.15) is 0 Å². The molecule has 2 aliphatic rings. The Morgan fingerprint density at radius 3 is 2.36 bits per heavy atom. The van der Waals surface area contributed by atoms with Crippen molar-refractivity contribution in [2.75, 3.05) is 13.1 Å². The Balaban J connectivity index is 1.87. The molecule has 150 valence electrons. The van der Waals surface area contributed by atoms with Gasteiger partial charge in [0, 0.05) is 18.2 Å². The van der Waals surface area contributed by atoms with Gasteiger partial charge >= 0.3 is 5.97 Å². The summed E-state index contributed by atoms with van der Waals surface area (Å²) in [5.74, 6) is -2.09. The summed E-state index contributed by atoms with van der Waals surface area (Å²) in [7, 11) is 0. The van der Waals surface area contributed by atoms with E-state index in [1.807, 2.05) is 13.8 Å². The maximum atomic E-state index is 12.9. The standard InChI is InChI=1S/C21H26N2O5/c1-13(2)11-22(12-18(24)25)19(26)14-8-9-16-17(10-14)21(28)23(20(16)27)15-6-4-3-5-7-15/h8-10,13,15H,3-7,11-12H2,1-2H3,(H,24,25). The van der Waals surface area contributed by atoms with E-state index < -0.39 is 18.4 Å². The molecule has 28 heavy (non-hydrogen) atoms. The van der Waals surface area contributed by atoms with Gasteiger partial charge in [0.15, 0.2) is 0 Å². The Morgan fingerprint density at radius 2 is 1.75 bits per heavy atom. The van der Waals surface area contributed by atoms with Gasteiger partial charge in [0.05, 0.1) is 11.1 Å². The molecule has 7 nitrogen and oxygen atoms in total. The minimum Gasteiger partial charge on any atom is -0.480 e. The quantitative estimate of drug-likeness (QED) is 0.759. The second-order valence-corrected chi connectivity index (χ2v) is 8.01. The predicted molar refractivity (Wildman–Crippen MR) is 102 cm³/mol. The van der Waals surface area contributed by atoms with Crippen molar-refractivity contribution in [3.8, 4) is 0 Å². The summed E-state index contributed by atoms with van der Waals surface area (Å²) >= 11 is 0. The highest BCUT2D eigenvalue weighted by Crippen LogP contribution is 2.31. The van der Waals surface area contributed by atoms with Crippen LogP contribution in [0.25, 0.3) is 0 Å². The lowest BCUT2D eigenvalue weighted by molar-refractivity contribution is -0.137. The largest absolute Gasteiger partial charge is 0.480 e. The lowest BCUT2D eigenvalue weighted by atomic mass is 9.94. The minimum absolute atomic E-state index is 0.0789. The van der Waals surface area contributed by atoms with Gasteiger partial charge in [-0.25, -0.2) is 0 Å². The van der Waals surface area contributed by atoms with Crippen molar-refractivity contribution >= 4 is 23.7 Å². The average Bonchev–Trinajstić information content (AvgIpc) is 2.90. The number of carbonyl (C=O) groups excluding carboxylic acids is 3. The highest BCUT2D eigenvalue weighted by molar-refractivity contribution is 6.22. The molecule has 0 spiro atoms. The number of carboxylic acids is 1. The third kappa shape index (κ3) is 3.93. The van der Waals surface area contributed by atoms with Crippen LogP contribution >= 0.6 is 0 Å². The van der Waals surface area contributed by atoms with Gasteiger partial charge in [-0.15, -0.1) is 0 Å². The first-order valence-corrected chi connectivity index (χ1v) is 9.82. The van der Waals surface area contributed by atoms with Crippen LogP contribution < -0.4 is 0 Å². The summed E-state index contributed by atoms with van der Waals surface area (Å²) < 4.78 is 0. The zero-order valence-electron chi connectivity index (χ0n) is 16.3. The zero-order valence-corrected chi connectivity index (χ0v) is 16.3. The zero-order chi connectivity index (χ0) is 20.4. The Hall–Kier alpha value is -2.70. The Bertz CT molecular complexity index is 811. The molecule has 1 aromatic carbocycles. The number of hydrogen-bond donors (Lipinski definition) is 1. The summed E-state index contributed by atoms with van der Waals surface area (Å²) in [6.45, 7) is 3.68. The number of hydrogen-bond acceptors (Lipinski definition) is 4. The summed E-state index contributed by atoms with van der Waals surface area (Å²) in [6, 6.07) is 4.38. The SMILES string of the molecule is CC(C)CN(CC(=O)O)C(=O)c1ccc2c(c1)C(=O)N(C1CCCCC1)C2=O. The third-order valence-corrected chi connectivity index (χ3v) is 5.30. The normalized spacial score (nSPS) is 17.2. The predicted octanol–water partition coefficient (Wildman–Crippen LogP) is 2.80. The number of carbonyl (C=O) groups is 4. The molecule has 0 aromatic heterocycles. The first-order chi connectivity index (χ1) is 13.3. The lowest BCUT2D eigenvalue weighted by Gasteiger charge is -2.29. The smallest absolute Gasteiger partial charge is 0.323 e. The van der Waals surface area contributed by atoms with E-state index in [-0.39, 0.29) is 34.9 Å². The summed E-state index contributed by atoms with van der Waals surface area (Å²) in [5.41, 5.74) is 0.786. The van der Waals surface area contributed by atoms with E-state index in [2.05, 4.69) is 0 Å².